The molecule has 2 aromatic heterocycles. The molecule has 0 bridgehead atoms. The number of nitrogens with zero attached hydrogens (tertiary/aromatic N) is 3. The van der Waals surface area contributed by atoms with Gasteiger partial charge in [-0.3, -0.25) is 0 Å². The topological polar surface area (TPSA) is 56.7 Å². The molecule has 0 spiro atoms. The summed E-state index contributed by atoms with van der Waals surface area (Å²) in [5.74, 6) is 1.09. The molecule has 0 aliphatic heterocycles. The lowest BCUT2D eigenvalue weighted by Crippen LogP contribution is -2.12. The van der Waals surface area contributed by atoms with Crippen molar-refractivity contribution in [3.8, 4) is 11.3 Å². The Morgan fingerprint density at radius 1 is 1.29 bits per heavy atom. The fourth-order valence-corrected chi connectivity index (χ4v) is 1.79. The van der Waals surface area contributed by atoms with Crippen LogP contribution < -0.4 is 5.73 Å². The van der Waals surface area contributed by atoms with Gasteiger partial charge in [-0.2, -0.15) is 0 Å². The lowest BCUT2D eigenvalue weighted by molar-refractivity contribution is 0.411. The minimum atomic E-state index is 0.382. The maximum Gasteiger partial charge on any atom is 0.132 e. The van der Waals surface area contributed by atoms with Crippen LogP contribution in [-0.4, -0.2) is 14.5 Å². The Morgan fingerprint density at radius 3 is 2.71 bits per heavy atom. The third-order valence-corrected chi connectivity index (χ3v) is 3.18. The summed E-state index contributed by atoms with van der Waals surface area (Å²) in [4.78, 5) is 8.34. The predicted octanol–water partition coefficient (Wildman–Crippen LogP) is 2.74. The number of hydrogen-bond acceptors (Lipinski definition) is 3. The zero-order valence-corrected chi connectivity index (χ0v) is 10.5. The van der Waals surface area contributed by atoms with E-state index in [0.29, 0.717) is 17.8 Å². The van der Waals surface area contributed by atoms with Gasteiger partial charge in [-0.05, 0) is 25.0 Å². The van der Waals surface area contributed by atoms with Crippen LogP contribution in [0.3, 0.4) is 0 Å². The second-order valence-corrected chi connectivity index (χ2v) is 4.61. The average molecular weight is 230 g/mol. The fourth-order valence-electron chi connectivity index (χ4n) is 1.79. The third-order valence-electron chi connectivity index (χ3n) is 3.18. The SMILES string of the molecule is CC(C)C(C)n1cncc1-c1cccnc1N. The minimum absolute atomic E-state index is 0.382. The molecule has 90 valence electrons. The van der Waals surface area contributed by atoms with Gasteiger partial charge in [0.05, 0.1) is 18.2 Å². The Morgan fingerprint density at radius 2 is 2.06 bits per heavy atom. The molecule has 0 aromatic carbocycles. The van der Waals surface area contributed by atoms with E-state index in [0.717, 1.165) is 11.3 Å². The summed E-state index contributed by atoms with van der Waals surface area (Å²) in [6.07, 6.45) is 5.39. The van der Waals surface area contributed by atoms with Crippen LogP contribution in [0.1, 0.15) is 26.8 Å². The molecular formula is C13H18N4. The van der Waals surface area contributed by atoms with Crippen LogP contribution in [-0.2, 0) is 0 Å². The summed E-state index contributed by atoms with van der Waals surface area (Å²) in [5.41, 5.74) is 7.87. The molecule has 1 atom stereocenters. The first-order valence-electron chi connectivity index (χ1n) is 5.84. The molecular weight excluding hydrogens is 212 g/mol. The van der Waals surface area contributed by atoms with E-state index >= 15 is 0 Å². The molecule has 2 rings (SSSR count). The average Bonchev–Trinajstić information content (AvgIpc) is 2.77. The molecule has 17 heavy (non-hydrogen) atoms. The van der Waals surface area contributed by atoms with Crippen LogP contribution in [0.25, 0.3) is 11.3 Å². The van der Waals surface area contributed by atoms with Crippen molar-refractivity contribution in [1.82, 2.24) is 14.5 Å². The van der Waals surface area contributed by atoms with E-state index in [1.54, 1.807) is 6.20 Å². The van der Waals surface area contributed by atoms with E-state index in [9.17, 15) is 0 Å². The van der Waals surface area contributed by atoms with Crippen molar-refractivity contribution < 1.29 is 0 Å². The monoisotopic (exact) mass is 230 g/mol. The summed E-state index contributed by atoms with van der Waals surface area (Å²) in [5, 5.41) is 0. The highest BCUT2D eigenvalue weighted by molar-refractivity contribution is 5.70. The van der Waals surface area contributed by atoms with Crippen LogP contribution in [0.15, 0.2) is 30.9 Å². The first kappa shape index (κ1) is 11.6. The number of aromatic nitrogens is 3. The zero-order valence-electron chi connectivity index (χ0n) is 10.5. The number of rotatable bonds is 3. The van der Waals surface area contributed by atoms with Crippen LogP contribution in [0.2, 0.25) is 0 Å². The molecule has 2 aromatic rings. The number of anilines is 1. The van der Waals surface area contributed by atoms with Crippen molar-refractivity contribution in [3.05, 3.63) is 30.9 Å². The van der Waals surface area contributed by atoms with Gasteiger partial charge in [-0.1, -0.05) is 13.8 Å². The smallest absolute Gasteiger partial charge is 0.132 e. The van der Waals surface area contributed by atoms with E-state index in [1.807, 2.05) is 24.7 Å². The maximum atomic E-state index is 5.90. The highest BCUT2D eigenvalue weighted by Gasteiger charge is 2.15. The zero-order chi connectivity index (χ0) is 12.4. The highest BCUT2D eigenvalue weighted by Crippen LogP contribution is 2.28. The molecule has 4 nitrogen and oxygen atoms in total. The van der Waals surface area contributed by atoms with Crippen molar-refractivity contribution in [2.45, 2.75) is 26.8 Å². The van der Waals surface area contributed by atoms with Gasteiger partial charge in [-0.15, -0.1) is 0 Å². The fraction of sp³-hybridized carbons (Fsp3) is 0.385. The van der Waals surface area contributed by atoms with Crippen molar-refractivity contribution in [3.63, 3.8) is 0 Å². The Hall–Kier alpha value is -1.84. The number of hydrogen-bond donors (Lipinski definition) is 1. The van der Waals surface area contributed by atoms with Gasteiger partial charge >= 0.3 is 0 Å². The van der Waals surface area contributed by atoms with E-state index in [2.05, 4.69) is 35.3 Å². The third kappa shape index (κ3) is 2.16. The summed E-state index contributed by atoms with van der Waals surface area (Å²) in [6, 6.07) is 4.25. The van der Waals surface area contributed by atoms with Crippen molar-refractivity contribution in [2.24, 2.45) is 5.92 Å². The van der Waals surface area contributed by atoms with Crippen LogP contribution >= 0.6 is 0 Å². The van der Waals surface area contributed by atoms with Crippen LogP contribution in [0.4, 0.5) is 5.82 Å². The predicted molar refractivity (Wildman–Crippen MR) is 69.4 cm³/mol. The molecule has 0 saturated heterocycles. The van der Waals surface area contributed by atoms with Gasteiger partial charge in [0.1, 0.15) is 5.82 Å². The van der Waals surface area contributed by atoms with E-state index in [4.69, 9.17) is 5.73 Å². The first-order valence-corrected chi connectivity index (χ1v) is 5.84. The summed E-state index contributed by atoms with van der Waals surface area (Å²) < 4.78 is 2.15. The highest BCUT2D eigenvalue weighted by atomic mass is 15.1. The normalized spacial score (nSPS) is 12.9. The summed E-state index contributed by atoms with van der Waals surface area (Å²) >= 11 is 0. The van der Waals surface area contributed by atoms with Crippen LogP contribution in [0, 0.1) is 5.92 Å². The molecule has 0 saturated carbocycles. The van der Waals surface area contributed by atoms with E-state index in [-0.39, 0.29) is 0 Å². The van der Waals surface area contributed by atoms with Gasteiger partial charge in [0.2, 0.25) is 0 Å². The quantitative estimate of drug-likeness (QED) is 0.882. The van der Waals surface area contributed by atoms with E-state index < -0.39 is 0 Å². The Kier molecular flexibility index (Phi) is 3.13. The molecule has 0 radical (unpaired) electrons. The summed E-state index contributed by atoms with van der Waals surface area (Å²) in [7, 11) is 0. The lowest BCUT2D eigenvalue weighted by atomic mass is 10.1. The second kappa shape index (κ2) is 4.57. The standard InChI is InChI=1S/C13H18N4/c1-9(2)10(3)17-8-15-7-12(17)11-5-4-6-16-13(11)14/h4-10H,1-3H3,(H2,14,16). The molecule has 2 heterocycles. The van der Waals surface area contributed by atoms with Crippen molar-refractivity contribution >= 4 is 5.82 Å². The Labute approximate surface area is 102 Å². The molecule has 1 unspecified atom stereocenters. The molecule has 4 heteroatoms. The number of imidazole rings is 1. The number of pyridine rings is 1. The molecule has 0 aliphatic rings. The summed E-state index contributed by atoms with van der Waals surface area (Å²) in [6.45, 7) is 6.57. The van der Waals surface area contributed by atoms with Gasteiger partial charge in [0.15, 0.2) is 0 Å². The Balaban J connectivity index is 2.48. The minimum Gasteiger partial charge on any atom is -0.383 e. The van der Waals surface area contributed by atoms with E-state index in [1.165, 1.54) is 0 Å². The van der Waals surface area contributed by atoms with Crippen LogP contribution in [0.5, 0.6) is 0 Å². The van der Waals surface area contributed by atoms with Gasteiger partial charge in [-0.25, -0.2) is 9.97 Å². The first-order chi connectivity index (χ1) is 8.11. The largest absolute Gasteiger partial charge is 0.383 e. The second-order valence-electron chi connectivity index (χ2n) is 4.61. The molecule has 0 fully saturated rings. The molecule has 0 aliphatic carbocycles. The molecule has 2 N–H and O–H groups in total. The van der Waals surface area contributed by atoms with Crippen molar-refractivity contribution in [2.75, 3.05) is 5.73 Å². The van der Waals surface area contributed by atoms with Crippen molar-refractivity contribution in [1.29, 1.82) is 0 Å². The maximum absolute atomic E-state index is 5.90. The van der Waals surface area contributed by atoms with Gasteiger partial charge in [0.25, 0.3) is 0 Å². The molecule has 0 amide bonds. The Bertz CT molecular complexity index is 502. The number of nitrogen functional groups attached to an aromatic ring is 1. The van der Waals surface area contributed by atoms with Gasteiger partial charge < -0.3 is 10.3 Å². The lowest BCUT2D eigenvalue weighted by Gasteiger charge is -2.20. The number of nitrogens with two attached hydrogens (primary N) is 1. The van der Waals surface area contributed by atoms with Gasteiger partial charge in [0, 0.05) is 17.8 Å².